The molecule has 0 saturated carbocycles. The van der Waals surface area contributed by atoms with Crippen LogP contribution in [0.25, 0.3) is 0 Å². The van der Waals surface area contributed by atoms with Crippen molar-refractivity contribution in [3.63, 3.8) is 0 Å². The summed E-state index contributed by atoms with van der Waals surface area (Å²) in [5, 5.41) is 34.5. The van der Waals surface area contributed by atoms with Gasteiger partial charge in [-0.2, -0.15) is 0 Å². The maximum atomic E-state index is 13.0. The lowest BCUT2D eigenvalue weighted by atomic mass is 10.00. The maximum Gasteiger partial charge on any atom is 0.326 e. The topological polar surface area (TPSA) is 208 Å². The first kappa shape index (κ1) is 28.5. The number of nitrogens with two attached hydrogens (primary N) is 1. The molecule has 0 aliphatic rings. The fraction of sp³-hybridized carbons (Fsp3) is 0.500. The number of rotatable bonds is 14. The monoisotopic (exact) mass is 480 g/mol. The first-order valence-corrected chi connectivity index (χ1v) is 10.7. The summed E-state index contributed by atoms with van der Waals surface area (Å²) < 4.78 is 0. The summed E-state index contributed by atoms with van der Waals surface area (Å²) in [6.45, 7) is 2.70. The van der Waals surface area contributed by atoms with Crippen LogP contribution in [0.1, 0.15) is 32.3 Å². The van der Waals surface area contributed by atoms with Crippen LogP contribution in [0.2, 0.25) is 0 Å². The lowest BCUT2D eigenvalue weighted by Crippen LogP contribution is -2.59. The summed E-state index contributed by atoms with van der Waals surface area (Å²) in [5.74, 6) is -5.31. The zero-order chi connectivity index (χ0) is 25.8. The molecule has 0 aromatic heterocycles. The molecule has 0 fully saturated rings. The summed E-state index contributed by atoms with van der Waals surface area (Å²) in [6, 6.07) is 3.65. The Morgan fingerprint density at radius 1 is 0.882 bits per heavy atom. The number of carboxylic acid groups (broad SMARTS) is 2. The van der Waals surface area contributed by atoms with Gasteiger partial charge in [0, 0.05) is 12.8 Å². The van der Waals surface area contributed by atoms with E-state index in [4.69, 9.17) is 15.9 Å². The smallest absolute Gasteiger partial charge is 0.326 e. The SMILES string of the molecule is CC(C)C(NC(=O)C(N)CO)C(=O)NC(Cc1ccccc1)C(=O)NC(CCC(=O)O)C(=O)O. The van der Waals surface area contributed by atoms with Crippen molar-refractivity contribution in [3.05, 3.63) is 35.9 Å². The molecule has 8 N–H and O–H groups in total. The Morgan fingerprint density at radius 3 is 1.97 bits per heavy atom. The van der Waals surface area contributed by atoms with Crippen LogP contribution in [-0.4, -0.2) is 75.8 Å². The van der Waals surface area contributed by atoms with Gasteiger partial charge >= 0.3 is 11.9 Å². The van der Waals surface area contributed by atoms with Crippen LogP contribution in [0.15, 0.2) is 30.3 Å². The zero-order valence-electron chi connectivity index (χ0n) is 19.1. The minimum absolute atomic E-state index is 0.0125. The Hall–Kier alpha value is -3.51. The first-order valence-electron chi connectivity index (χ1n) is 10.7. The predicted octanol–water partition coefficient (Wildman–Crippen LogP) is -1.39. The summed E-state index contributed by atoms with van der Waals surface area (Å²) >= 11 is 0. The molecule has 0 heterocycles. The minimum Gasteiger partial charge on any atom is -0.481 e. The van der Waals surface area contributed by atoms with Crippen molar-refractivity contribution in [3.8, 4) is 0 Å². The van der Waals surface area contributed by atoms with E-state index in [1.807, 2.05) is 0 Å². The molecule has 0 bridgehead atoms. The molecule has 0 aliphatic heterocycles. The normalized spacial score (nSPS) is 14.4. The summed E-state index contributed by atoms with van der Waals surface area (Å²) in [7, 11) is 0. The first-order chi connectivity index (χ1) is 16.0. The second kappa shape index (κ2) is 13.9. The van der Waals surface area contributed by atoms with Crippen molar-refractivity contribution >= 4 is 29.7 Å². The second-order valence-corrected chi connectivity index (χ2v) is 8.10. The van der Waals surface area contributed by atoms with Crippen molar-refractivity contribution in [1.29, 1.82) is 0 Å². The van der Waals surface area contributed by atoms with Gasteiger partial charge in [-0.15, -0.1) is 0 Å². The van der Waals surface area contributed by atoms with E-state index in [1.165, 1.54) is 0 Å². The number of carbonyl (C=O) groups excluding carboxylic acids is 3. The Kier molecular flexibility index (Phi) is 11.7. The number of aliphatic carboxylic acids is 2. The van der Waals surface area contributed by atoms with Crippen LogP contribution in [0.4, 0.5) is 0 Å². The lowest BCUT2D eigenvalue weighted by Gasteiger charge is -2.27. The standard InChI is InChI=1S/C22H32N4O8/c1-12(2)18(26-19(30)14(23)11-27)21(32)25-16(10-13-6-4-3-5-7-13)20(31)24-15(22(33)34)8-9-17(28)29/h3-7,12,14-16,18,27H,8-11,23H2,1-2H3,(H,24,31)(H,25,32)(H,26,30)(H,28,29)(H,33,34). The van der Waals surface area contributed by atoms with Crippen LogP contribution in [0.5, 0.6) is 0 Å². The van der Waals surface area contributed by atoms with Gasteiger partial charge in [0.2, 0.25) is 17.7 Å². The highest BCUT2D eigenvalue weighted by atomic mass is 16.4. The van der Waals surface area contributed by atoms with E-state index in [2.05, 4.69) is 16.0 Å². The summed E-state index contributed by atoms with van der Waals surface area (Å²) in [5.41, 5.74) is 6.17. The molecule has 1 aromatic rings. The van der Waals surface area contributed by atoms with Gasteiger partial charge in [-0.05, 0) is 17.9 Å². The molecule has 188 valence electrons. The van der Waals surface area contributed by atoms with Gasteiger partial charge < -0.3 is 37.0 Å². The van der Waals surface area contributed by atoms with Gasteiger partial charge in [0.25, 0.3) is 0 Å². The van der Waals surface area contributed by atoms with Crippen molar-refractivity contribution in [2.45, 2.75) is 57.3 Å². The molecule has 1 rings (SSSR count). The third-order valence-corrected chi connectivity index (χ3v) is 4.96. The number of hydrogen-bond acceptors (Lipinski definition) is 7. The molecule has 3 amide bonds. The largest absolute Gasteiger partial charge is 0.481 e. The quantitative estimate of drug-likeness (QED) is 0.167. The molecule has 12 heteroatoms. The molecule has 34 heavy (non-hydrogen) atoms. The van der Waals surface area contributed by atoms with Crippen LogP contribution < -0.4 is 21.7 Å². The highest BCUT2D eigenvalue weighted by Gasteiger charge is 2.31. The Balaban J connectivity index is 3.08. The van der Waals surface area contributed by atoms with Gasteiger partial charge in [0.05, 0.1) is 6.61 Å². The number of benzene rings is 1. The van der Waals surface area contributed by atoms with Gasteiger partial charge in [-0.3, -0.25) is 19.2 Å². The summed E-state index contributed by atoms with van der Waals surface area (Å²) in [4.78, 5) is 60.3. The molecule has 0 spiro atoms. The second-order valence-electron chi connectivity index (χ2n) is 8.10. The van der Waals surface area contributed by atoms with Crippen molar-refractivity contribution in [2.24, 2.45) is 11.7 Å². The molecule has 0 aliphatic carbocycles. The number of aliphatic hydroxyl groups excluding tert-OH is 1. The number of nitrogens with one attached hydrogen (secondary N) is 3. The Labute approximate surface area is 196 Å². The van der Waals surface area contributed by atoms with Crippen molar-refractivity contribution < 1.29 is 39.3 Å². The van der Waals surface area contributed by atoms with Gasteiger partial charge in [0.1, 0.15) is 24.2 Å². The van der Waals surface area contributed by atoms with Crippen molar-refractivity contribution in [2.75, 3.05) is 6.61 Å². The number of carboxylic acids is 2. The van der Waals surface area contributed by atoms with Crippen LogP contribution in [0, 0.1) is 5.92 Å². The third kappa shape index (κ3) is 9.55. The van der Waals surface area contributed by atoms with Gasteiger partial charge in [0.15, 0.2) is 0 Å². The van der Waals surface area contributed by atoms with E-state index in [1.54, 1.807) is 44.2 Å². The highest BCUT2D eigenvalue weighted by Crippen LogP contribution is 2.08. The van der Waals surface area contributed by atoms with Crippen LogP contribution >= 0.6 is 0 Å². The summed E-state index contributed by atoms with van der Waals surface area (Å²) in [6.07, 6.45) is -0.801. The van der Waals surface area contributed by atoms with Crippen LogP contribution in [0.3, 0.4) is 0 Å². The number of amides is 3. The van der Waals surface area contributed by atoms with Gasteiger partial charge in [-0.1, -0.05) is 44.2 Å². The minimum atomic E-state index is -1.47. The molecule has 1 aromatic carbocycles. The molecule has 0 radical (unpaired) electrons. The molecule has 12 nitrogen and oxygen atoms in total. The third-order valence-electron chi connectivity index (χ3n) is 4.96. The average Bonchev–Trinajstić information content (AvgIpc) is 2.78. The predicted molar refractivity (Wildman–Crippen MR) is 120 cm³/mol. The lowest BCUT2D eigenvalue weighted by molar-refractivity contribution is -0.143. The van der Waals surface area contributed by atoms with E-state index >= 15 is 0 Å². The van der Waals surface area contributed by atoms with Crippen molar-refractivity contribution in [1.82, 2.24) is 16.0 Å². The number of carbonyl (C=O) groups is 5. The molecular weight excluding hydrogens is 448 g/mol. The number of aliphatic hydroxyl groups is 1. The molecule has 0 saturated heterocycles. The van der Waals surface area contributed by atoms with E-state index < -0.39 is 72.8 Å². The fourth-order valence-corrected chi connectivity index (χ4v) is 3.00. The zero-order valence-corrected chi connectivity index (χ0v) is 19.1. The molecular formula is C22H32N4O8. The Bertz CT molecular complexity index is 862. The highest BCUT2D eigenvalue weighted by molar-refractivity contribution is 5.94. The Morgan fingerprint density at radius 2 is 1.47 bits per heavy atom. The van der Waals surface area contributed by atoms with E-state index in [9.17, 15) is 29.1 Å². The van der Waals surface area contributed by atoms with E-state index in [0.717, 1.165) is 0 Å². The van der Waals surface area contributed by atoms with E-state index in [-0.39, 0.29) is 12.8 Å². The number of hydrogen-bond donors (Lipinski definition) is 7. The average molecular weight is 481 g/mol. The van der Waals surface area contributed by atoms with Gasteiger partial charge in [-0.25, -0.2) is 4.79 Å². The molecule has 4 atom stereocenters. The van der Waals surface area contributed by atoms with E-state index in [0.29, 0.717) is 5.56 Å². The van der Waals surface area contributed by atoms with Crippen LogP contribution in [-0.2, 0) is 30.4 Å². The molecule has 4 unspecified atom stereocenters. The fourth-order valence-electron chi connectivity index (χ4n) is 3.00. The maximum absolute atomic E-state index is 13.0.